The number of hydrogen-bond donors (Lipinski definition) is 1. The largest absolute Gasteiger partial charge is 0.388 e. The van der Waals surface area contributed by atoms with Gasteiger partial charge in [0.2, 0.25) is 0 Å². The number of nitrogens with one attached hydrogen (secondary N) is 1. The lowest BCUT2D eigenvalue weighted by molar-refractivity contribution is -0.384. The van der Waals surface area contributed by atoms with E-state index in [2.05, 4.69) is 10.1 Å². The van der Waals surface area contributed by atoms with Crippen molar-refractivity contribution in [1.82, 2.24) is 0 Å². The van der Waals surface area contributed by atoms with E-state index in [4.69, 9.17) is 0 Å². The Kier molecular flexibility index (Phi) is 9.27. The van der Waals surface area contributed by atoms with Gasteiger partial charge < -0.3 is 14.8 Å². The molecular formula is C13H17FN2O5. The zero-order valence-electron chi connectivity index (χ0n) is 11.7. The van der Waals surface area contributed by atoms with Crippen LogP contribution in [0.3, 0.4) is 0 Å². The second-order valence-electron chi connectivity index (χ2n) is 3.92. The monoisotopic (exact) mass is 300 g/mol. The molecule has 0 saturated heterocycles. The van der Waals surface area contributed by atoms with Crippen LogP contribution in [-0.2, 0) is 9.53 Å². The van der Waals surface area contributed by atoms with E-state index >= 15 is 0 Å². The summed E-state index contributed by atoms with van der Waals surface area (Å²) in [6.45, 7) is -0.712. The van der Waals surface area contributed by atoms with Gasteiger partial charge in [0.15, 0.2) is 0 Å². The Morgan fingerprint density at radius 3 is 2.48 bits per heavy atom. The number of nitro groups is 1. The van der Waals surface area contributed by atoms with Crippen molar-refractivity contribution in [2.75, 3.05) is 26.2 Å². The molecule has 1 aromatic carbocycles. The maximum absolute atomic E-state index is 12.1. The van der Waals surface area contributed by atoms with Gasteiger partial charge in [-0.05, 0) is 12.1 Å². The molecule has 21 heavy (non-hydrogen) atoms. The molecule has 1 rings (SSSR count). The molecule has 1 N–H and O–H groups in total. The van der Waals surface area contributed by atoms with Gasteiger partial charge >= 0.3 is 0 Å². The number of nitro benzene ring substituents is 1. The minimum atomic E-state index is -0.837. The number of ether oxygens (including phenoxy) is 1. The number of carbonyl (C=O) groups excluding carboxylic acids is 2. The van der Waals surface area contributed by atoms with Crippen LogP contribution in [0.1, 0.15) is 16.8 Å². The first kappa shape index (κ1) is 18.7. The van der Waals surface area contributed by atoms with Gasteiger partial charge in [-0.2, -0.15) is 0 Å². The average molecular weight is 300 g/mol. The van der Waals surface area contributed by atoms with E-state index in [0.29, 0.717) is 12.6 Å². The molecule has 0 amide bonds. The third kappa shape index (κ3) is 6.57. The molecule has 1 atom stereocenters. The van der Waals surface area contributed by atoms with Crippen molar-refractivity contribution in [1.29, 1.82) is 0 Å². The van der Waals surface area contributed by atoms with E-state index in [1.54, 1.807) is 14.2 Å². The first-order chi connectivity index (χ1) is 10.0. The second-order valence-corrected chi connectivity index (χ2v) is 3.92. The Labute approximate surface area is 121 Å². The van der Waals surface area contributed by atoms with Crippen LogP contribution < -0.4 is 5.32 Å². The van der Waals surface area contributed by atoms with E-state index in [-0.39, 0.29) is 23.4 Å². The van der Waals surface area contributed by atoms with E-state index in [1.807, 2.05) is 0 Å². The topological polar surface area (TPSA) is 98.5 Å². The van der Waals surface area contributed by atoms with Crippen LogP contribution in [0.15, 0.2) is 18.2 Å². The van der Waals surface area contributed by atoms with Gasteiger partial charge in [0.25, 0.3) is 5.69 Å². The number of carbonyl (C=O) groups is 2. The normalized spacial score (nSPS) is 10.8. The minimum Gasteiger partial charge on any atom is -0.388 e. The molecule has 1 aromatic rings. The quantitative estimate of drug-likeness (QED) is 0.470. The van der Waals surface area contributed by atoms with E-state index in [9.17, 15) is 24.1 Å². The van der Waals surface area contributed by atoms with Gasteiger partial charge in [-0.25, -0.2) is 0 Å². The van der Waals surface area contributed by atoms with Crippen LogP contribution in [0, 0.1) is 10.1 Å². The Bertz CT molecular complexity index is 482. The van der Waals surface area contributed by atoms with Crippen molar-refractivity contribution in [3.05, 3.63) is 33.9 Å². The minimum absolute atomic E-state index is 0.0733. The average Bonchev–Trinajstić information content (AvgIpc) is 2.47. The molecule has 7 nitrogen and oxygen atoms in total. The van der Waals surface area contributed by atoms with Gasteiger partial charge in [-0.3, -0.25) is 19.3 Å². The first-order valence-corrected chi connectivity index (χ1v) is 5.95. The number of aldehydes is 2. The smallest absolute Gasteiger partial charge is 0.293 e. The van der Waals surface area contributed by atoms with Gasteiger partial charge in [-0.1, -0.05) is 0 Å². The molecule has 116 valence electrons. The fourth-order valence-corrected chi connectivity index (χ4v) is 1.39. The molecule has 0 saturated carbocycles. The fourth-order valence-electron chi connectivity index (χ4n) is 1.39. The van der Waals surface area contributed by atoms with E-state index < -0.39 is 17.6 Å². The predicted octanol–water partition coefficient (Wildman–Crippen LogP) is 2.01. The van der Waals surface area contributed by atoms with E-state index in [1.165, 1.54) is 12.1 Å². The highest BCUT2D eigenvalue weighted by Crippen LogP contribution is 2.25. The van der Waals surface area contributed by atoms with Crippen LogP contribution in [-0.4, -0.2) is 44.4 Å². The van der Waals surface area contributed by atoms with Crippen molar-refractivity contribution < 1.29 is 23.6 Å². The Morgan fingerprint density at radius 1 is 1.43 bits per heavy atom. The van der Waals surface area contributed by atoms with Crippen LogP contribution in [0.25, 0.3) is 0 Å². The maximum Gasteiger partial charge on any atom is 0.293 e. The highest BCUT2D eigenvalue weighted by Gasteiger charge is 2.17. The van der Waals surface area contributed by atoms with Crippen LogP contribution >= 0.6 is 0 Å². The molecule has 0 aliphatic rings. The molecule has 8 heteroatoms. The van der Waals surface area contributed by atoms with Crippen LogP contribution in [0.5, 0.6) is 0 Å². The molecule has 0 aliphatic carbocycles. The summed E-state index contributed by atoms with van der Waals surface area (Å²) in [4.78, 5) is 31.3. The molecule has 0 spiro atoms. The SMILES string of the molecule is COC.O=Cc1ccc(NC(C=O)CCF)c([N+](=O)[O-])c1. The number of nitrogens with zero attached hydrogens (tertiary/aromatic N) is 1. The van der Waals surface area contributed by atoms with Gasteiger partial charge in [-0.15, -0.1) is 0 Å². The molecule has 0 aliphatic heterocycles. The zero-order chi connectivity index (χ0) is 16.3. The fraction of sp³-hybridized carbons (Fsp3) is 0.385. The number of rotatable bonds is 7. The summed E-state index contributed by atoms with van der Waals surface area (Å²) in [5.74, 6) is 0. The molecular weight excluding hydrogens is 283 g/mol. The summed E-state index contributed by atoms with van der Waals surface area (Å²) in [7, 11) is 3.25. The maximum atomic E-state index is 12.1. The summed E-state index contributed by atoms with van der Waals surface area (Å²) in [6.07, 6.45) is 0.891. The first-order valence-electron chi connectivity index (χ1n) is 5.95. The van der Waals surface area contributed by atoms with Gasteiger partial charge in [0, 0.05) is 32.3 Å². The number of anilines is 1. The lowest BCUT2D eigenvalue weighted by Crippen LogP contribution is -2.22. The molecule has 0 fully saturated rings. The highest BCUT2D eigenvalue weighted by atomic mass is 19.1. The van der Waals surface area contributed by atoms with Crippen molar-refractivity contribution in [3.8, 4) is 0 Å². The summed E-state index contributed by atoms with van der Waals surface area (Å²) < 4.78 is 16.4. The third-order valence-corrected chi connectivity index (χ3v) is 2.28. The standard InChI is InChI=1S/C11H11FN2O4.C2H6O/c12-4-3-9(7-16)13-10-2-1-8(6-15)5-11(10)14(17)18;1-3-2/h1-2,5-7,9,13H,3-4H2;1-2H3. The van der Waals surface area contributed by atoms with Crippen molar-refractivity contribution in [2.45, 2.75) is 12.5 Å². The second kappa shape index (κ2) is 10.4. The van der Waals surface area contributed by atoms with E-state index in [0.717, 1.165) is 6.07 Å². The van der Waals surface area contributed by atoms with Crippen LogP contribution in [0.4, 0.5) is 15.8 Å². The predicted molar refractivity (Wildman–Crippen MR) is 75.5 cm³/mol. The zero-order valence-corrected chi connectivity index (χ0v) is 11.7. The highest BCUT2D eigenvalue weighted by molar-refractivity contribution is 5.80. The lowest BCUT2D eigenvalue weighted by Gasteiger charge is -2.12. The number of halogens is 1. The van der Waals surface area contributed by atoms with Crippen molar-refractivity contribution >= 4 is 23.9 Å². The molecule has 0 bridgehead atoms. The Hall–Kier alpha value is -2.35. The molecule has 0 aromatic heterocycles. The summed E-state index contributed by atoms with van der Waals surface area (Å²) in [5, 5.41) is 13.4. The molecule has 1 unspecified atom stereocenters. The van der Waals surface area contributed by atoms with Crippen molar-refractivity contribution in [3.63, 3.8) is 0 Å². The third-order valence-electron chi connectivity index (χ3n) is 2.28. The number of benzene rings is 1. The summed E-state index contributed by atoms with van der Waals surface area (Å²) in [6, 6.07) is 2.94. The van der Waals surface area contributed by atoms with Crippen molar-refractivity contribution in [2.24, 2.45) is 0 Å². The molecule has 0 heterocycles. The Morgan fingerprint density at radius 2 is 2.05 bits per heavy atom. The summed E-state index contributed by atoms with van der Waals surface area (Å²) >= 11 is 0. The summed E-state index contributed by atoms with van der Waals surface area (Å²) in [5.41, 5.74) is -0.0955. The number of alkyl halides is 1. The number of hydrogen-bond acceptors (Lipinski definition) is 6. The van der Waals surface area contributed by atoms with Gasteiger partial charge in [0.05, 0.1) is 17.6 Å². The molecule has 0 radical (unpaired) electrons. The lowest BCUT2D eigenvalue weighted by atomic mass is 10.1. The Balaban J connectivity index is 0.00000122. The van der Waals surface area contributed by atoms with Crippen LogP contribution in [0.2, 0.25) is 0 Å². The number of methoxy groups -OCH3 is 1. The van der Waals surface area contributed by atoms with Gasteiger partial charge in [0.1, 0.15) is 18.3 Å².